The van der Waals surface area contributed by atoms with Crippen molar-refractivity contribution in [3.8, 4) is 0 Å². The maximum atomic E-state index is 11.3. The topological polar surface area (TPSA) is 89.9 Å². The van der Waals surface area contributed by atoms with Crippen LogP contribution in [0.25, 0.3) is 16.9 Å². The summed E-state index contributed by atoms with van der Waals surface area (Å²) >= 11 is 0. The maximum Gasteiger partial charge on any atom is 0.129 e. The van der Waals surface area contributed by atoms with E-state index in [0.717, 1.165) is 67.4 Å². The minimum absolute atomic E-state index is 0.202. The number of nitrogens with zero attached hydrogens (tertiary/aromatic N) is 4. The van der Waals surface area contributed by atoms with E-state index in [1.165, 1.54) is 5.56 Å². The molecule has 5 aliphatic heterocycles. The van der Waals surface area contributed by atoms with Gasteiger partial charge in [0.15, 0.2) is 0 Å². The van der Waals surface area contributed by atoms with Crippen LogP contribution in [-0.4, -0.2) is 41.1 Å². The van der Waals surface area contributed by atoms with Gasteiger partial charge >= 0.3 is 0 Å². The van der Waals surface area contributed by atoms with Gasteiger partial charge in [0, 0.05) is 30.9 Å². The number of rotatable bonds is 4. The van der Waals surface area contributed by atoms with Gasteiger partial charge in [0.2, 0.25) is 0 Å². The smallest absolute Gasteiger partial charge is 0.129 e. The zero-order chi connectivity index (χ0) is 33.8. The van der Waals surface area contributed by atoms with Gasteiger partial charge in [0.05, 0.1) is 51.1 Å². The summed E-state index contributed by atoms with van der Waals surface area (Å²) in [5.74, 6) is 0.626. The Kier molecular flexibility index (Phi) is 7.75. The first-order chi connectivity index (χ1) is 22.9. The Labute approximate surface area is 282 Å². The normalized spacial score (nSPS) is 19.4. The van der Waals surface area contributed by atoms with E-state index >= 15 is 0 Å². The molecule has 0 saturated heterocycles. The second-order valence-electron chi connectivity index (χ2n) is 14.6. The Hall–Kier alpha value is -5.14. The molecule has 2 aromatic rings. The Morgan fingerprint density at radius 3 is 1.96 bits per heavy atom. The van der Waals surface area contributed by atoms with Gasteiger partial charge in [-0.05, 0) is 80.2 Å². The highest BCUT2D eigenvalue weighted by Crippen LogP contribution is 2.39. The van der Waals surface area contributed by atoms with Crippen molar-refractivity contribution in [2.75, 3.05) is 0 Å². The number of fused-ring (bicyclic) bond motifs is 4. The van der Waals surface area contributed by atoms with Gasteiger partial charge in [0.25, 0.3) is 0 Å². The van der Waals surface area contributed by atoms with E-state index in [0.29, 0.717) is 23.6 Å². The van der Waals surface area contributed by atoms with Gasteiger partial charge in [-0.25, -0.2) is 20.0 Å². The lowest BCUT2D eigenvalue weighted by Gasteiger charge is -2.19. The average Bonchev–Trinajstić information content (AvgIpc) is 3.85. The molecule has 0 aromatic heterocycles. The van der Waals surface area contributed by atoms with E-state index in [1.54, 1.807) is 0 Å². The van der Waals surface area contributed by atoms with Crippen molar-refractivity contribution in [2.24, 2.45) is 25.4 Å². The summed E-state index contributed by atoms with van der Waals surface area (Å²) in [6.07, 6.45) is 16.5. The van der Waals surface area contributed by atoms with Crippen molar-refractivity contribution >= 4 is 47.8 Å². The lowest BCUT2D eigenvalue weighted by Crippen LogP contribution is -2.21. The summed E-state index contributed by atoms with van der Waals surface area (Å²) < 4.78 is 0. The second kappa shape index (κ2) is 11.8. The number of aryl methyl sites for hydroxylation is 1. The first-order valence-corrected chi connectivity index (χ1v) is 20.2. The van der Waals surface area contributed by atoms with Gasteiger partial charge in [-0.2, -0.15) is 0 Å². The third-order valence-electron chi connectivity index (χ3n) is 9.23. The van der Waals surface area contributed by atoms with Gasteiger partial charge in [-0.15, -0.1) is 0 Å². The monoisotopic (exact) mass is 648 g/mol. The zero-order valence-corrected chi connectivity index (χ0v) is 29.3. The number of allylic oxidation sites excluding steroid dienone is 10. The molecule has 6 nitrogen and oxygen atoms in total. The Morgan fingerprint density at radius 2 is 1.29 bits per heavy atom. The van der Waals surface area contributed by atoms with Crippen LogP contribution in [0, 0.1) is 12.3 Å². The molecule has 0 aliphatic carbocycles. The molecular weight excluding hydrogens is 609 g/mol. The molecule has 0 atom stereocenters. The molecule has 0 spiro atoms. The molecule has 0 amide bonds. The van der Waals surface area contributed by atoms with Crippen LogP contribution >= 0.6 is 0 Å². The van der Waals surface area contributed by atoms with E-state index in [9.17, 15) is 10.2 Å². The molecule has 0 fully saturated rings. The summed E-state index contributed by atoms with van der Waals surface area (Å²) in [4.78, 5) is 20.2. The molecule has 5 aliphatic rings. The summed E-state index contributed by atoms with van der Waals surface area (Å²) in [6, 6.07) is 17.5. The SMILES string of the molecule is Cc1ccc(C2=C3C=CC(=N3)C(=c3ccc(=C(O)CC[Si](C)(C)C)cc3)C3=NC(=CC4=C(O)C(C)(C)C(=N4)C=C4C=CC2=N4)C=C3)cc1. The number of hydrogen-bond acceptors (Lipinski definition) is 6. The highest BCUT2D eigenvalue weighted by atomic mass is 28.3. The predicted octanol–water partition coefficient (Wildman–Crippen LogP) is 8.02. The fourth-order valence-electron chi connectivity index (χ4n) is 6.23. The van der Waals surface area contributed by atoms with Crippen LogP contribution < -0.4 is 10.4 Å². The molecule has 2 aromatic carbocycles. The Morgan fingerprint density at radius 1 is 0.688 bits per heavy atom. The maximum absolute atomic E-state index is 11.3. The van der Waals surface area contributed by atoms with E-state index in [1.807, 2.05) is 80.6 Å². The second-order valence-corrected chi connectivity index (χ2v) is 20.2. The van der Waals surface area contributed by atoms with Crippen molar-refractivity contribution < 1.29 is 10.2 Å². The van der Waals surface area contributed by atoms with E-state index in [-0.39, 0.29) is 5.76 Å². The fraction of sp³-hybridized carbons (Fsp3) is 0.220. The highest BCUT2D eigenvalue weighted by molar-refractivity contribution is 6.76. The quantitative estimate of drug-likeness (QED) is 0.329. The number of benzene rings is 2. The number of aliphatic imine (C=N–C) groups is 4. The highest BCUT2D eigenvalue weighted by Gasteiger charge is 2.36. The molecule has 2 N–H and O–H groups in total. The molecule has 48 heavy (non-hydrogen) atoms. The number of aliphatic hydroxyl groups excluding tert-OH is 2. The number of hydrogen-bond donors (Lipinski definition) is 2. The van der Waals surface area contributed by atoms with Gasteiger partial charge in [-0.3, -0.25) is 0 Å². The third-order valence-corrected chi connectivity index (χ3v) is 11.0. The van der Waals surface area contributed by atoms with Crippen molar-refractivity contribution in [2.45, 2.75) is 52.9 Å². The summed E-state index contributed by atoms with van der Waals surface area (Å²) in [6.45, 7) is 13.0. The van der Waals surface area contributed by atoms with Crippen molar-refractivity contribution in [1.82, 2.24) is 0 Å². The number of aliphatic hydroxyl groups is 2. The van der Waals surface area contributed by atoms with Gasteiger partial charge < -0.3 is 10.2 Å². The van der Waals surface area contributed by atoms with Crippen molar-refractivity contribution in [3.63, 3.8) is 0 Å². The molecular formula is C41H40N4O2Si. The summed E-state index contributed by atoms with van der Waals surface area (Å²) in [7, 11) is -1.29. The molecule has 5 heterocycles. The average molecular weight is 649 g/mol. The van der Waals surface area contributed by atoms with Crippen LogP contribution in [0.4, 0.5) is 0 Å². The molecule has 7 rings (SSSR count). The predicted molar refractivity (Wildman–Crippen MR) is 203 cm³/mol. The Bertz CT molecular complexity index is 2220. The van der Waals surface area contributed by atoms with Crippen LogP contribution in [0.3, 0.4) is 0 Å². The van der Waals surface area contributed by atoms with Gasteiger partial charge in [0.1, 0.15) is 11.5 Å². The molecule has 0 radical (unpaired) electrons. The lowest BCUT2D eigenvalue weighted by molar-refractivity contribution is 0.320. The lowest BCUT2D eigenvalue weighted by atomic mass is 9.86. The molecule has 0 saturated carbocycles. The third kappa shape index (κ3) is 6.02. The van der Waals surface area contributed by atoms with Crippen LogP contribution in [0.2, 0.25) is 25.7 Å². The van der Waals surface area contributed by atoms with Crippen molar-refractivity contribution in [1.29, 1.82) is 0 Å². The van der Waals surface area contributed by atoms with Crippen molar-refractivity contribution in [3.05, 3.63) is 147 Å². The zero-order valence-electron chi connectivity index (χ0n) is 28.3. The first-order valence-electron chi connectivity index (χ1n) is 16.5. The van der Waals surface area contributed by atoms with Gasteiger partial charge in [-0.1, -0.05) is 79.8 Å². The summed E-state index contributed by atoms with van der Waals surface area (Å²) in [5.41, 5.74) is 9.18. The first kappa shape index (κ1) is 31.5. The molecule has 0 unspecified atom stereocenters. The molecule has 8 bridgehead atoms. The van der Waals surface area contributed by atoms with E-state index in [4.69, 9.17) is 20.0 Å². The van der Waals surface area contributed by atoms with Crippen LogP contribution in [0.5, 0.6) is 0 Å². The molecule has 7 heteroatoms. The standard InChI is InChI=1S/C41H40N4O2Si/c1-25-7-9-27(10-8-25)38-32-18-16-30(43-32)24-37-41(2,3)40(47)35(45-37)23-29-15-17-31(42-29)39(34-20-19-33(38)44-34)28-13-11-26(12-14-28)36(46)21-22-48(4,5)6/h7-20,23-24,46-47H,21-22H2,1-6H3. The summed E-state index contributed by atoms with van der Waals surface area (Å²) in [5, 5.41) is 24.0. The van der Waals surface area contributed by atoms with Crippen LogP contribution in [-0.2, 0) is 0 Å². The van der Waals surface area contributed by atoms with Crippen LogP contribution in [0.15, 0.2) is 146 Å². The Balaban J connectivity index is 1.46. The van der Waals surface area contributed by atoms with Crippen LogP contribution in [0.1, 0.15) is 31.4 Å². The van der Waals surface area contributed by atoms with E-state index in [2.05, 4.69) is 56.9 Å². The van der Waals surface area contributed by atoms with E-state index < -0.39 is 13.5 Å². The minimum atomic E-state index is -1.29. The largest absolute Gasteiger partial charge is 0.512 e. The molecule has 240 valence electrons. The fourth-order valence-corrected chi connectivity index (χ4v) is 7.22. The minimum Gasteiger partial charge on any atom is -0.512 e.